The molecule has 0 saturated heterocycles. The molecule has 0 aliphatic carbocycles. The third-order valence-electron chi connectivity index (χ3n) is 3.20. The predicted octanol–water partition coefficient (Wildman–Crippen LogP) is 2.53. The quantitative estimate of drug-likeness (QED) is 0.835. The average Bonchev–Trinajstić information content (AvgIpc) is 2.54. The minimum atomic E-state index is -4.42. The fraction of sp³-hybridized carbons (Fsp3) is 0.312. The van der Waals surface area contributed by atoms with Crippen LogP contribution in [0.25, 0.3) is 0 Å². The smallest absolute Gasteiger partial charge is 0.349 e. The van der Waals surface area contributed by atoms with E-state index in [9.17, 15) is 18.0 Å². The van der Waals surface area contributed by atoms with Gasteiger partial charge in [-0.1, -0.05) is 6.07 Å². The fourth-order valence-electron chi connectivity index (χ4n) is 1.92. The highest BCUT2D eigenvalue weighted by Crippen LogP contribution is 2.31. The van der Waals surface area contributed by atoms with Gasteiger partial charge in [0.05, 0.1) is 5.56 Å². The lowest BCUT2D eigenvalue weighted by Gasteiger charge is -2.11. The van der Waals surface area contributed by atoms with Crippen LogP contribution in [0.15, 0.2) is 36.4 Å². The van der Waals surface area contributed by atoms with Gasteiger partial charge in [-0.25, -0.2) is 0 Å². The highest BCUT2D eigenvalue weighted by Gasteiger charge is 2.30. The number of aromatic nitrogens is 2. The number of benzene rings is 1. The van der Waals surface area contributed by atoms with E-state index in [-0.39, 0.29) is 23.1 Å². The molecule has 0 unspecified atom stereocenters. The molecule has 0 atom stereocenters. The lowest BCUT2D eigenvalue weighted by molar-refractivity contribution is -0.137. The summed E-state index contributed by atoms with van der Waals surface area (Å²) in [6, 6.07) is 7.67. The Morgan fingerprint density at radius 3 is 2.52 bits per heavy atom. The van der Waals surface area contributed by atoms with E-state index in [4.69, 9.17) is 0 Å². The van der Waals surface area contributed by atoms with Crippen LogP contribution < -0.4 is 10.6 Å². The van der Waals surface area contributed by atoms with Crippen LogP contribution in [-0.2, 0) is 6.18 Å². The van der Waals surface area contributed by atoms with E-state index in [1.165, 1.54) is 24.3 Å². The highest BCUT2D eigenvalue weighted by atomic mass is 19.4. The Kier molecular flexibility index (Phi) is 5.92. The second-order valence-corrected chi connectivity index (χ2v) is 5.57. The Bertz CT molecular complexity index is 716. The van der Waals surface area contributed by atoms with Crippen molar-refractivity contribution < 1.29 is 18.0 Å². The van der Waals surface area contributed by atoms with Gasteiger partial charge in [-0.15, -0.1) is 10.2 Å². The molecule has 2 rings (SSSR count). The predicted molar refractivity (Wildman–Crippen MR) is 87.6 cm³/mol. The molecular formula is C16H18F3N5O. The van der Waals surface area contributed by atoms with Crippen LogP contribution in [0, 0.1) is 0 Å². The third kappa shape index (κ3) is 5.71. The second-order valence-electron chi connectivity index (χ2n) is 5.57. The van der Waals surface area contributed by atoms with Crippen molar-refractivity contribution in [2.45, 2.75) is 6.18 Å². The maximum absolute atomic E-state index is 12.7. The Labute approximate surface area is 143 Å². The summed E-state index contributed by atoms with van der Waals surface area (Å²) in [7, 11) is 3.78. The largest absolute Gasteiger partial charge is 0.416 e. The van der Waals surface area contributed by atoms with Gasteiger partial charge in [0, 0.05) is 18.8 Å². The number of amides is 1. The fourth-order valence-corrected chi connectivity index (χ4v) is 1.92. The molecule has 0 aliphatic heterocycles. The van der Waals surface area contributed by atoms with Gasteiger partial charge >= 0.3 is 6.18 Å². The SMILES string of the molecule is CN(C)CCNC(=O)c1ccc(Nc2cccc(C(F)(F)F)c2)nn1. The number of likely N-dealkylation sites (N-methyl/N-ethyl adjacent to an activating group) is 1. The molecule has 0 bridgehead atoms. The first-order chi connectivity index (χ1) is 11.8. The Morgan fingerprint density at radius 1 is 1.16 bits per heavy atom. The summed E-state index contributed by atoms with van der Waals surface area (Å²) in [4.78, 5) is 13.8. The van der Waals surface area contributed by atoms with Crippen molar-refractivity contribution in [3.8, 4) is 0 Å². The number of carbonyl (C=O) groups excluding carboxylic acids is 1. The van der Waals surface area contributed by atoms with Gasteiger partial charge in [-0.3, -0.25) is 4.79 Å². The molecule has 9 heteroatoms. The summed E-state index contributed by atoms with van der Waals surface area (Å²) in [5.41, 5.74) is -0.400. The molecule has 6 nitrogen and oxygen atoms in total. The molecule has 0 spiro atoms. The van der Waals surface area contributed by atoms with E-state index in [1.807, 2.05) is 19.0 Å². The van der Waals surface area contributed by atoms with E-state index >= 15 is 0 Å². The topological polar surface area (TPSA) is 70.2 Å². The lowest BCUT2D eigenvalue weighted by Crippen LogP contribution is -2.31. The Balaban J connectivity index is 2.00. The van der Waals surface area contributed by atoms with Crippen LogP contribution in [0.1, 0.15) is 16.1 Å². The number of hydrogen-bond acceptors (Lipinski definition) is 5. The molecule has 1 amide bonds. The van der Waals surface area contributed by atoms with E-state index < -0.39 is 11.7 Å². The molecule has 134 valence electrons. The normalized spacial score (nSPS) is 11.4. The van der Waals surface area contributed by atoms with Crippen LogP contribution in [0.5, 0.6) is 0 Å². The number of hydrogen-bond donors (Lipinski definition) is 2. The standard InChI is InChI=1S/C16H18F3N5O/c1-24(2)9-8-20-15(25)13-6-7-14(23-22-13)21-12-5-3-4-11(10-12)16(17,18)19/h3-7,10H,8-9H2,1-2H3,(H,20,25)(H,21,23). The molecule has 0 fully saturated rings. The third-order valence-corrected chi connectivity index (χ3v) is 3.20. The van der Waals surface area contributed by atoms with Gasteiger partial charge in [0.2, 0.25) is 0 Å². The van der Waals surface area contributed by atoms with Crippen molar-refractivity contribution in [1.82, 2.24) is 20.4 Å². The number of halogens is 3. The molecule has 1 heterocycles. The zero-order valence-corrected chi connectivity index (χ0v) is 13.8. The molecule has 0 radical (unpaired) electrons. The first-order valence-corrected chi connectivity index (χ1v) is 7.46. The zero-order chi connectivity index (χ0) is 18.4. The van der Waals surface area contributed by atoms with Gasteiger partial charge in [-0.2, -0.15) is 13.2 Å². The van der Waals surface area contributed by atoms with E-state index in [0.29, 0.717) is 13.1 Å². The van der Waals surface area contributed by atoms with E-state index in [0.717, 1.165) is 12.1 Å². The number of nitrogens with one attached hydrogen (secondary N) is 2. The maximum Gasteiger partial charge on any atom is 0.416 e. The molecular weight excluding hydrogens is 335 g/mol. The number of rotatable bonds is 6. The molecule has 1 aromatic carbocycles. The van der Waals surface area contributed by atoms with Gasteiger partial charge in [0.1, 0.15) is 0 Å². The van der Waals surface area contributed by atoms with Crippen molar-refractivity contribution in [1.29, 1.82) is 0 Å². The van der Waals surface area contributed by atoms with Crippen molar-refractivity contribution in [3.63, 3.8) is 0 Å². The molecule has 25 heavy (non-hydrogen) atoms. The van der Waals surface area contributed by atoms with Gasteiger partial charge in [0.15, 0.2) is 11.5 Å². The summed E-state index contributed by atoms with van der Waals surface area (Å²) in [5.74, 6) is -0.121. The highest BCUT2D eigenvalue weighted by molar-refractivity contribution is 5.92. The summed E-state index contributed by atoms with van der Waals surface area (Å²) in [6.45, 7) is 1.16. The first kappa shape index (κ1) is 18.7. The maximum atomic E-state index is 12.7. The van der Waals surface area contributed by atoms with Crippen molar-refractivity contribution in [2.75, 3.05) is 32.5 Å². The van der Waals surface area contributed by atoms with E-state index in [2.05, 4.69) is 20.8 Å². The Hall–Kier alpha value is -2.68. The minimum absolute atomic E-state index is 0.133. The van der Waals surface area contributed by atoms with Gasteiger partial charge < -0.3 is 15.5 Å². The summed E-state index contributed by atoms with van der Waals surface area (Å²) < 4.78 is 38.1. The molecule has 1 aromatic heterocycles. The second kappa shape index (κ2) is 7.93. The monoisotopic (exact) mass is 353 g/mol. The summed E-state index contributed by atoms with van der Waals surface area (Å²) >= 11 is 0. The Morgan fingerprint density at radius 2 is 1.92 bits per heavy atom. The zero-order valence-electron chi connectivity index (χ0n) is 13.8. The van der Waals surface area contributed by atoms with E-state index in [1.54, 1.807) is 0 Å². The first-order valence-electron chi connectivity index (χ1n) is 7.46. The summed E-state index contributed by atoms with van der Waals surface area (Å²) in [6.07, 6.45) is -4.42. The number of nitrogens with zero attached hydrogens (tertiary/aromatic N) is 3. The summed E-state index contributed by atoms with van der Waals surface area (Å²) in [5, 5.41) is 13.0. The van der Waals surface area contributed by atoms with Crippen LogP contribution in [0.4, 0.5) is 24.7 Å². The minimum Gasteiger partial charge on any atom is -0.349 e. The van der Waals surface area contributed by atoms with Gasteiger partial charge in [-0.05, 0) is 44.4 Å². The van der Waals surface area contributed by atoms with Crippen molar-refractivity contribution >= 4 is 17.4 Å². The molecule has 2 N–H and O–H groups in total. The van der Waals surface area contributed by atoms with Crippen molar-refractivity contribution in [2.24, 2.45) is 0 Å². The number of alkyl halides is 3. The van der Waals surface area contributed by atoms with Gasteiger partial charge in [0.25, 0.3) is 5.91 Å². The lowest BCUT2D eigenvalue weighted by atomic mass is 10.2. The van der Waals surface area contributed by atoms with Crippen LogP contribution in [0.2, 0.25) is 0 Å². The number of anilines is 2. The molecule has 0 saturated carbocycles. The molecule has 0 aliphatic rings. The van der Waals surface area contributed by atoms with Crippen molar-refractivity contribution in [3.05, 3.63) is 47.7 Å². The molecule has 2 aromatic rings. The van der Waals surface area contributed by atoms with Crippen LogP contribution in [0.3, 0.4) is 0 Å². The number of carbonyl (C=O) groups is 1. The van der Waals surface area contributed by atoms with Crippen LogP contribution in [-0.4, -0.2) is 48.2 Å². The average molecular weight is 353 g/mol. The van der Waals surface area contributed by atoms with Crippen LogP contribution >= 0.6 is 0 Å².